The number of benzene rings is 3. The summed E-state index contributed by atoms with van der Waals surface area (Å²) in [5, 5.41) is 13.1. The average molecular weight is 632 g/mol. The minimum absolute atomic E-state index is 0.0101. The number of halogens is 5. The molecule has 3 aromatic rings. The van der Waals surface area contributed by atoms with Gasteiger partial charge >= 0.3 is 6.09 Å². The number of nitrogens with zero attached hydrogens (tertiary/aromatic N) is 2. The largest absolute Gasteiger partial charge is 0.465 e. The minimum Gasteiger partial charge on any atom is -0.465 e. The molecular weight excluding hydrogens is 602 g/mol. The molecule has 12 heteroatoms. The van der Waals surface area contributed by atoms with Crippen LogP contribution in [-0.2, 0) is 16.0 Å². The second-order valence-corrected chi connectivity index (χ2v) is 12.6. The number of amides is 3. The molecule has 0 spiro atoms. The maximum atomic E-state index is 15.3. The van der Waals surface area contributed by atoms with Crippen LogP contribution in [0.5, 0.6) is 0 Å². The van der Waals surface area contributed by atoms with Gasteiger partial charge in [0.1, 0.15) is 23.2 Å². The van der Waals surface area contributed by atoms with Crippen LogP contribution < -0.4 is 15.1 Å². The minimum atomic E-state index is -2.98. The van der Waals surface area contributed by atoms with Gasteiger partial charge in [-0.3, -0.25) is 19.4 Å². The maximum Gasteiger partial charge on any atom is 0.412 e. The number of para-hydroxylation sites is 1. The predicted octanol–water partition coefficient (Wildman–Crippen LogP) is 7.13. The molecule has 1 aliphatic heterocycles. The van der Waals surface area contributed by atoms with Crippen molar-refractivity contribution in [1.82, 2.24) is 5.32 Å². The summed E-state index contributed by atoms with van der Waals surface area (Å²) in [6.07, 6.45) is -2.86. The highest BCUT2D eigenvalue weighted by molar-refractivity contribution is 6.32. The van der Waals surface area contributed by atoms with Crippen LogP contribution in [0.2, 0.25) is 5.02 Å². The smallest absolute Gasteiger partial charge is 0.412 e. The number of carbonyl (C=O) groups is 3. The number of anilines is 2. The first kappa shape index (κ1) is 31.3. The highest BCUT2D eigenvalue weighted by atomic mass is 35.5. The molecule has 5 rings (SSSR count). The van der Waals surface area contributed by atoms with Crippen LogP contribution in [0.1, 0.15) is 50.8 Å². The lowest BCUT2D eigenvalue weighted by atomic mass is 9.69. The Balaban J connectivity index is 1.76. The van der Waals surface area contributed by atoms with Gasteiger partial charge in [0.25, 0.3) is 11.8 Å². The molecule has 0 radical (unpaired) electrons. The Morgan fingerprint density at radius 1 is 1.00 bits per heavy atom. The summed E-state index contributed by atoms with van der Waals surface area (Å²) in [5.41, 5.74) is -2.69. The second kappa shape index (κ2) is 11.1. The van der Waals surface area contributed by atoms with Gasteiger partial charge in [0, 0.05) is 42.0 Å². The molecule has 44 heavy (non-hydrogen) atoms. The maximum absolute atomic E-state index is 15.3. The van der Waals surface area contributed by atoms with Crippen molar-refractivity contribution in [3.05, 3.63) is 94.5 Å². The van der Waals surface area contributed by atoms with Crippen molar-refractivity contribution in [2.75, 3.05) is 9.80 Å². The van der Waals surface area contributed by atoms with Gasteiger partial charge in [-0.1, -0.05) is 68.8 Å². The van der Waals surface area contributed by atoms with E-state index in [4.69, 9.17) is 11.6 Å². The Bertz CT molecular complexity index is 1620. The summed E-state index contributed by atoms with van der Waals surface area (Å²) in [5.74, 6) is -7.01. The molecule has 0 saturated heterocycles. The Morgan fingerprint density at radius 2 is 1.59 bits per heavy atom. The number of carbonyl (C=O) groups excluding carboxylic acids is 2. The zero-order valence-electron chi connectivity index (χ0n) is 24.1. The Hall–Kier alpha value is -4.12. The molecule has 2 N–H and O–H groups in total. The van der Waals surface area contributed by atoms with Crippen LogP contribution in [0.15, 0.2) is 66.7 Å². The second-order valence-electron chi connectivity index (χ2n) is 12.2. The summed E-state index contributed by atoms with van der Waals surface area (Å²) in [4.78, 5) is 44.0. The number of fused-ring (bicyclic) bond motifs is 1. The van der Waals surface area contributed by atoms with Crippen LogP contribution in [0.4, 0.5) is 33.7 Å². The van der Waals surface area contributed by atoms with Gasteiger partial charge in [0.15, 0.2) is 0 Å². The molecule has 2 aliphatic rings. The van der Waals surface area contributed by atoms with Crippen molar-refractivity contribution in [1.29, 1.82) is 0 Å². The number of hydrogen-bond acceptors (Lipinski definition) is 3. The van der Waals surface area contributed by atoms with Gasteiger partial charge in [-0.2, -0.15) is 0 Å². The molecule has 7 nitrogen and oxygen atoms in total. The zero-order chi connectivity index (χ0) is 32.2. The summed E-state index contributed by atoms with van der Waals surface area (Å²) >= 11 is 6.54. The Labute approximate surface area is 256 Å². The average Bonchev–Trinajstić information content (AvgIpc) is 3.27. The monoisotopic (exact) mass is 631 g/mol. The van der Waals surface area contributed by atoms with E-state index < -0.39 is 77.0 Å². The first-order valence-electron chi connectivity index (χ1n) is 13.9. The van der Waals surface area contributed by atoms with Gasteiger partial charge in [0.2, 0.25) is 5.91 Å². The molecule has 2 atom stereocenters. The molecule has 1 fully saturated rings. The molecule has 1 aliphatic carbocycles. The van der Waals surface area contributed by atoms with Crippen LogP contribution in [0.3, 0.4) is 0 Å². The predicted molar refractivity (Wildman–Crippen MR) is 157 cm³/mol. The molecule has 0 bridgehead atoms. The summed E-state index contributed by atoms with van der Waals surface area (Å²) in [6, 6.07) is 12.1. The molecular formula is C32H30ClF4N3O4. The van der Waals surface area contributed by atoms with E-state index >= 15 is 4.79 Å². The van der Waals surface area contributed by atoms with Crippen molar-refractivity contribution in [2.45, 2.75) is 63.6 Å². The number of hydrogen-bond donors (Lipinski definition) is 2. The lowest BCUT2D eigenvalue weighted by Gasteiger charge is -2.49. The van der Waals surface area contributed by atoms with Crippen LogP contribution in [0, 0.1) is 17.0 Å². The van der Waals surface area contributed by atoms with Crippen molar-refractivity contribution in [2.24, 2.45) is 5.41 Å². The molecule has 3 aromatic carbocycles. The summed E-state index contributed by atoms with van der Waals surface area (Å²) < 4.78 is 57.0. The van der Waals surface area contributed by atoms with Crippen LogP contribution in [-0.4, -0.2) is 40.5 Å². The van der Waals surface area contributed by atoms with E-state index in [0.29, 0.717) is 11.6 Å². The Morgan fingerprint density at radius 3 is 2.16 bits per heavy atom. The molecule has 1 unspecified atom stereocenters. The molecule has 1 saturated carbocycles. The van der Waals surface area contributed by atoms with Crippen LogP contribution in [0.25, 0.3) is 0 Å². The molecule has 232 valence electrons. The molecule has 0 aromatic heterocycles. The van der Waals surface area contributed by atoms with E-state index in [1.54, 1.807) is 51.1 Å². The first-order chi connectivity index (χ1) is 20.6. The molecule has 3 amide bonds. The summed E-state index contributed by atoms with van der Waals surface area (Å²) in [6.45, 7) is 4.95. The van der Waals surface area contributed by atoms with Gasteiger partial charge in [-0.15, -0.1) is 0 Å². The van der Waals surface area contributed by atoms with Gasteiger partial charge in [-0.05, 0) is 35.2 Å². The zero-order valence-corrected chi connectivity index (χ0v) is 24.8. The fraction of sp³-hybridized carbons (Fsp3) is 0.344. The van der Waals surface area contributed by atoms with Gasteiger partial charge in [0.05, 0.1) is 11.4 Å². The number of carboxylic acid groups (broad SMARTS) is 1. The van der Waals surface area contributed by atoms with Crippen molar-refractivity contribution in [3.8, 4) is 0 Å². The SMILES string of the molecule is CC(C)(C)[C@]1(C(=O)N(c2cc(F)cc(F)c2)C(C(=O)NC2CC(F)(F)C2)c2ccccc2Cl)Cc2ccccc2N1C(=O)O. The third kappa shape index (κ3) is 5.38. The quantitative estimate of drug-likeness (QED) is 0.283. The third-order valence-corrected chi connectivity index (χ3v) is 8.68. The normalized spacial score (nSPS) is 20.0. The van der Waals surface area contributed by atoms with E-state index in [-0.39, 0.29) is 22.7 Å². The number of rotatable bonds is 6. The van der Waals surface area contributed by atoms with E-state index in [0.717, 1.165) is 21.9 Å². The highest BCUT2D eigenvalue weighted by Crippen LogP contribution is 2.51. The van der Waals surface area contributed by atoms with Crippen molar-refractivity contribution in [3.63, 3.8) is 0 Å². The summed E-state index contributed by atoms with van der Waals surface area (Å²) in [7, 11) is 0. The lowest BCUT2D eigenvalue weighted by Crippen LogP contribution is -2.68. The van der Waals surface area contributed by atoms with E-state index in [9.17, 15) is 32.3 Å². The van der Waals surface area contributed by atoms with Gasteiger partial charge < -0.3 is 10.4 Å². The van der Waals surface area contributed by atoms with Gasteiger partial charge in [-0.25, -0.2) is 22.4 Å². The van der Waals surface area contributed by atoms with Crippen molar-refractivity contribution < 1.29 is 37.1 Å². The van der Waals surface area contributed by atoms with E-state index in [1.165, 1.54) is 18.2 Å². The lowest BCUT2D eigenvalue weighted by molar-refractivity contribution is -0.135. The number of nitrogens with one attached hydrogen (secondary N) is 1. The fourth-order valence-electron chi connectivity index (χ4n) is 6.20. The third-order valence-electron chi connectivity index (χ3n) is 8.33. The standard InChI is InChI=1S/C32H30ClF4N3O4/c1-30(2,3)32(15-18-8-4-7-11-25(18)40(32)29(43)44)28(42)39(22-13-19(34)12-20(35)14-22)26(23-9-5-6-10-24(23)33)27(41)38-21-16-31(36,37)17-21/h4-14,21,26H,15-17H2,1-3H3,(H,38,41)(H,43,44)/t26?,32-/m1/s1. The van der Waals surface area contributed by atoms with Crippen LogP contribution >= 0.6 is 11.6 Å². The topological polar surface area (TPSA) is 90.0 Å². The fourth-order valence-corrected chi connectivity index (χ4v) is 6.44. The Kier molecular flexibility index (Phi) is 7.90. The highest BCUT2D eigenvalue weighted by Gasteiger charge is 2.62. The molecule has 1 heterocycles. The van der Waals surface area contributed by atoms with E-state index in [2.05, 4.69) is 5.32 Å². The van der Waals surface area contributed by atoms with Crippen molar-refractivity contribution >= 4 is 40.9 Å². The van der Waals surface area contributed by atoms with E-state index in [1.807, 2.05) is 0 Å². The number of alkyl halides is 2. The first-order valence-corrected chi connectivity index (χ1v) is 14.3.